The Morgan fingerprint density at radius 3 is 1.57 bits per heavy atom. The third kappa shape index (κ3) is 21.0. The second-order valence-electron chi connectivity index (χ2n) is 7.61. The summed E-state index contributed by atoms with van der Waals surface area (Å²) in [7, 11) is 0. The van der Waals surface area contributed by atoms with Crippen LogP contribution in [0.25, 0.3) is 0 Å². The van der Waals surface area contributed by atoms with Crippen molar-refractivity contribution in [3.8, 4) is 0 Å². The Morgan fingerprint density at radius 1 is 0.643 bits per heavy atom. The molecule has 0 radical (unpaired) electrons. The van der Waals surface area contributed by atoms with Crippen LogP contribution in [-0.2, 0) is 19.1 Å². The van der Waals surface area contributed by atoms with Crippen LogP contribution in [0, 0.1) is 0 Å². The Balaban J connectivity index is 3.24. The number of carbonyl (C=O) groups is 2. The average molecular weight is 397 g/mol. The summed E-state index contributed by atoms with van der Waals surface area (Å²) in [4.78, 5) is 23.1. The SMILES string of the molecule is C=CCCOC(=O)CCCCCCCCC(=O)OCCCCCCCCCC. The van der Waals surface area contributed by atoms with E-state index in [4.69, 9.17) is 9.47 Å². The highest BCUT2D eigenvalue weighted by Crippen LogP contribution is 2.11. The van der Waals surface area contributed by atoms with Gasteiger partial charge in [0.2, 0.25) is 0 Å². The van der Waals surface area contributed by atoms with Gasteiger partial charge < -0.3 is 9.47 Å². The highest BCUT2D eigenvalue weighted by Gasteiger charge is 2.04. The maximum absolute atomic E-state index is 11.7. The van der Waals surface area contributed by atoms with Gasteiger partial charge in [-0.2, -0.15) is 0 Å². The first-order valence-electron chi connectivity index (χ1n) is 11.6. The van der Waals surface area contributed by atoms with Crippen molar-refractivity contribution in [3.63, 3.8) is 0 Å². The second kappa shape index (κ2) is 22.0. The highest BCUT2D eigenvalue weighted by atomic mass is 16.5. The molecule has 28 heavy (non-hydrogen) atoms. The van der Waals surface area contributed by atoms with Crippen LogP contribution in [0.4, 0.5) is 0 Å². The Morgan fingerprint density at radius 2 is 1.07 bits per heavy atom. The molecule has 4 heteroatoms. The normalized spacial score (nSPS) is 10.6. The van der Waals surface area contributed by atoms with Crippen LogP contribution in [0.5, 0.6) is 0 Å². The lowest BCUT2D eigenvalue weighted by atomic mass is 10.1. The van der Waals surface area contributed by atoms with Gasteiger partial charge in [0.05, 0.1) is 13.2 Å². The Bertz CT molecular complexity index is 379. The fourth-order valence-corrected chi connectivity index (χ4v) is 3.07. The standard InChI is InChI=1S/C24H44O4/c1-3-5-7-8-9-12-15-18-22-28-24(26)20-17-14-11-10-13-16-19-23(25)27-21-6-4-2/h4H,2-3,5-22H2,1H3. The van der Waals surface area contributed by atoms with Gasteiger partial charge in [-0.25, -0.2) is 0 Å². The predicted molar refractivity (Wildman–Crippen MR) is 116 cm³/mol. The molecule has 0 heterocycles. The van der Waals surface area contributed by atoms with Crippen LogP contribution in [0.3, 0.4) is 0 Å². The third-order valence-electron chi connectivity index (χ3n) is 4.86. The number of ether oxygens (including phenoxy) is 2. The minimum atomic E-state index is -0.110. The number of hydrogen-bond acceptors (Lipinski definition) is 4. The van der Waals surface area contributed by atoms with Crippen molar-refractivity contribution in [1.82, 2.24) is 0 Å². The third-order valence-corrected chi connectivity index (χ3v) is 4.86. The van der Waals surface area contributed by atoms with E-state index in [1.807, 2.05) is 0 Å². The largest absolute Gasteiger partial charge is 0.466 e. The number of hydrogen-bond donors (Lipinski definition) is 0. The summed E-state index contributed by atoms with van der Waals surface area (Å²) in [5.74, 6) is -0.161. The predicted octanol–water partition coefficient (Wildman–Crippen LogP) is 6.91. The number of rotatable bonds is 21. The maximum Gasteiger partial charge on any atom is 0.305 e. The minimum absolute atomic E-state index is 0.0507. The van der Waals surface area contributed by atoms with Crippen LogP contribution in [0.2, 0.25) is 0 Å². The van der Waals surface area contributed by atoms with Crippen molar-refractivity contribution in [2.75, 3.05) is 13.2 Å². The first kappa shape index (κ1) is 26.7. The molecule has 0 spiro atoms. The number of carbonyl (C=O) groups excluding carboxylic acids is 2. The fourth-order valence-electron chi connectivity index (χ4n) is 3.07. The van der Waals surface area contributed by atoms with Crippen molar-refractivity contribution >= 4 is 11.9 Å². The molecule has 0 aromatic heterocycles. The van der Waals surface area contributed by atoms with E-state index >= 15 is 0 Å². The monoisotopic (exact) mass is 396 g/mol. The zero-order chi connectivity index (χ0) is 20.7. The van der Waals surface area contributed by atoms with Crippen LogP contribution in [0.1, 0.15) is 116 Å². The lowest BCUT2D eigenvalue weighted by Gasteiger charge is -2.05. The highest BCUT2D eigenvalue weighted by molar-refractivity contribution is 5.69. The van der Waals surface area contributed by atoms with Crippen molar-refractivity contribution in [3.05, 3.63) is 12.7 Å². The van der Waals surface area contributed by atoms with Gasteiger partial charge in [0.1, 0.15) is 0 Å². The summed E-state index contributed by atoms with van der Waals surface area (Å²) in [6, 6.07) is 0. The summed E-state index contributed by atoms with van der Waals surface area (Å²) < 4.78 is 10.4. The lowest BCUT2D eigenvalue weighted by Crippen LogP contribution is -2.05. The van der Waals surface area contributed by atoms with Crippen molar-refractivity contribution < 1.29 is 19.1 Å². The van der Waals surface area contributed by atoms with Gasteiger partial charge in [0.15, 0.2) is 0 Å². The Hall–Kier alpha value is -1.32. The average Bonchev–Trinajstić information content (AvgIpc) is 2.69. The topological polar surface area (TPSA) is 52.6 Å². The molecule has 0 unspecified atom stereocenters. The Kier molecular flexibility index (Phi) is 20.9. The molecule has 0 aromatic carbocycles. The van der Waals surface area contributed by atoms with E-state index in [1.54, 1.807) is 6.08 Å². The zero-order valence-electron chi connectivity index (χ0n) is 18.4. The Labute approximate surface area is 173 Å². The zero-order valence-corrected chi connectivity index (χ0v) is 18.4. The van der Waals surface area contributed by atoms with Crippen LogP contribution >= 0.6 is 0 Å². The lowest BCUT2D eigenvalue weighted by molar-refractivity contribution is -0.144. The molecule has 0 aliphatic carbocycles. The molecule has 0 aliphatic rings. The first-order chi connectivity index (χ1) is 13.7. The molecule has 0 rings (SSSR count). The first-order valence-corrected chi connectivity index (χ1v) is 11.6. The van der Waals surface area contributed by atoms with Gasteiger partial charge in [-0.15, -0.1) is 6.58 Å². The van der Waals surface area contributed by atoms with E-state index in [-0.39, 0.29) is 11.9 Å². The van der Waals surface area contributed by atoms with E-state index in [0.29, 0.717) is 32.5 Å². The smallest absolute Gasteiger partial charge is 0.305 e. The molecule has 0 atom stereocenters. The van der Waals surface area contributed by atoms with Crippen LogP contribution in [0.15, 0.2) is 12.7 Å². The molecule has 0 N–H and O–H groups in total. The van der Waals surface area contributed by atoms with Gasteiger partial charge in [-0.3, -0.25) is 9.59 Å². The van der Waals surface area contributed by atoms with Gasteiger partial charge in [-0.05, 0) is 25.7 Å². The number of esters is 2. The molecule has 4 nitrogen and oxygen atoms in total. The molecular weight excluding hydrogens is 352 g/mol. The van der Waals surface area contributed by atoms with Crippen molar-refractivity contribution in [2.24, 2.45) is 0 Å². The molecule has 0 fully saturated rings. The molecule has 0 saturated carbocycles. The van der Waals surface area contributed by atoms with Crippen LogP contribution < -0.4 is 0 Å². The minimum Gasteiger partial charge on any atom is -0.466 e. The van der Waals surface area contributed by atoms with E-state index in [2.05, 4.69) is 13.5 Å². The molecule has 0 aromatic rings. The summed E-state index contributed by atoms with van der Waals surface area (Å²) in [5, 5.41) is 0. The van der Waals surface area contributed by atoms with E-state index in [1.165, 1.54) is 44.9 Å². The van der Waals surface area contributed by atoms with E-state index in [0.717, 1.165) is 44.9 Å². The summed E-state index contributed by atoms with van der Waals surface area (Å²) in [6.45, 7) is 6.86. The maximum atomic E-state index is 11.7. The van der Waals surface area contributed by atoms with E-state index < -0.39 is 0 Å². The molecule has 0 bridgehead atoms. The second-order valence-corrected chi connectivity index (χ2v) is 7.61. The van der Waals surface area contributed by atoms with Gasteiger partial charge in [0, 0.05) is 12.8 Å². The molecular formula is C24H44O4. The van der Waals surface area contributed by atoms with Gasteiger partial charge >= 0.3 is 11.9 Å². The molecule has 0 saturated heterocycles. The summed E-state index contributed by atoms with van der Waals surface area (Å²) >= 11 is 0. The van der Waals surface area contributed by atoms with E-state index in [9.17, 15) is 9.59 Å². The van der Waals surface area contributed by atoms with Crippen molar-refractivity contribution in [2.45, 2.75) is 116 Å². The van der Waals surface area contributed by atoms with Crippen molar-refractivity contribution in [1.29, 1.82) is 0 Å². The van der Waals surface area contributed by atoms with Crippen LogP contribution in [-0.4, -0.2) is 25.2 Å². The van der Waals surface area contributed by atoms with Gasteiger partial charge in [-0.1, -0.05) is 83.6 Å². The quantitative estimate of drug-likeness (QED) is 0.120. The molecule has 0 amide bonds. The fraction of sp³-hybridized carbons (Fsp3) is 0.833. The number of unbranched alkanes of at least 4 members (excludes halogenated alkanes) is 12. The molecule has 164 valence electrons. The molecule has 0 aliphatic heterocycles. The summed E-state index contributed by atoms with van der Waals surface area (Å²) in [5.41, 5.74) is 0. The van der Waals surface area contributed by atoms with Gasteiger partial charge in [0.25, 0.3) is 0 Å². The summed E-state index contributed by atoms with van der Waals surface area (Å²) in [6.07, 6.45) is 19.7.